The number of nitrogens with one attached hydrogen (secondary N) is 1. The number of nitrogens with zero attached hydrogens (tertiary/aromatic N) is 2. The number of thiophene rings is 1. The molecule has 34 heavy (non-hydrogen) atoms. The largest absolute Gasteiger partial charge is 0.465 e. The van der Waals surface area contributed by atoms with Crippen LogP contribution >= 0.6 is 35.2 Å². The number of halogens is 2. The number of hydrogen-bond donors (Lipinski definition) is 1. The zero-order chi connectivity index (χ0) is 24.1. The van der Waals surface area contributed by atoms with Gasteiger partial charge in [-0.15, -0.1) is 11.3 Å². The maximum absolute atomic E-state index is 13.3. The lowest BCUT2D eigenvalue weighted by Crippen LogP contribution is -2.49. The van der Waals surface area contributed by atoms with Gasteiger partial charge in [0.05, 0.1) is 12.7 Å². The lowest BCUT2D eigenvalue weighted by atomic mass is 10.1. The zero-order valence-corrected chi connectivity index (χ0v) is 21.1. The number of thiocarbonyl (C=S) groups is 1. The van der Waals surface area contributed by atoms with Gasteiger partial charge in [-0.05, 0) is 41.5 Å². The second-order valence-corrected chi connectivity index (χ2v) is 9.97. The number of anilines is 1. The summed E-state index contributed by atoms with van der Waals surface area (Å²) >= 11 is 13.4. The van der Waals surface area contributed by atoms with Crippen LogP contribution in [-0.2, 0) is 17.7 Å². The number of carbonyl (C=O) groups is 1. The highest BCUT2D eigenvalue weighted by molar-refractivity contribution is 7.80. The van der Waals surface area contributed by atoms with Crippen molar-refractivity contribution in [2.75, 3.05) is 38.6 Å². The Balaban J connectivity index is 1.38. The van der Waals surface area contributed by atoms with Crippen LogP contribution in [0.3, 0.4) is 0 Å². The van der Waals surface area contributed by atoms with Crippen molar-refractivity contribution >= 4 is 51.2 Å². The number of hydrogen-bond acceptors (Lipinski definition) is 5. The molecule has 0 bridgehead atoms. The van der Waals surface area contributed by atoms with Gasteiger partial charge in [-0.3, -0.25) is 4.90 Å². The van der Waals surface area contributed by atoms with Gasteiger partial charge in [0.15, 0.2) is 5.11 Å². The lowest BCUT2D eigenvalue weighted by Gasteiger charge is -2.36. The molecular weight excluding hydrogens is 493 g/mol. The molecule has 1 aliphatic heterocycles. The molecule has 4 rings (SSSR count). The summed E-state index contributed by atoms with van der Waals surface area (Å²) in [4.78, 5) is 17.8. The Kier molecular flexibility index (Phi) is 8.15. The number of carbonyl (C=O) groups excluding carboxylic acids is 1. The van der Waals surface area contributed by atoms with Crippen molar-refractivity contribution in [2.24, 2.45) is 0 Å². The fraction of sp³-hybridized carbons (Fsp3) is 0.280. The summed E-state index contributed by atoms with van der Waals surface area (Å²) in [6.45, 7) is 3.72. The van der Waals surface area contributed by atoms with Crippen molar-refractivity contribution < 1.29 is 13.9 Å². The normalized spacial score (nSPS) is 14.1. The molecule has 2 heterocycles. The van der Waals surface area contributed by atoms with Crippen LogP contribution in [0.15, 0.2) is 54.6 Å². The molecule has 1 aliphatic rings. The van der Waals surface area contributed by atoms with Crippen molar-refractivity contribution in [3.05, 3.63) is 87.0 Å². The Morgan fingerprint density at radius 3 is 2.56 bits per heavy atom. The first kappa shape index (κ1) is 24.6. The Morgan fingerprint density at radius 2 is 1.88 bits per heavy atom. The summed E-state index contributed by atoms with van der Waals surface area (Å²) in [5.74, 6) is -0.719. The van der Waals surface area contributed by atoms with E-state index in [0.717, 1.165) is 43.0 Å². The molecule has 5 nitrogen and oxygen atoms in total. The minimum atomic E-state index is -0.387. The molecule has 0 atom stereocenters. The number of ether oxygens (including phenoxy) is 1. The zero-order valence-electron chi connectivity index (χ0n) is 18.7. The number of benzene rings is 2. The molecule has 1 N–H and O–H groups in total. The molecular formula is C25H25ClFN3O2S2. The third-order valence-electron chi connectivity index (χ3n) is 5.70. The first-order chi connectivity index (χ1) is 16.4. The van der Waals surface area contributed by atoms with E-state index >= 15 is 0 Å². The average Bonchev–Trinajstić information content (AvgIpc) is 3.23. The lowest BCUT2D eigenvalue weighted by molar-refractivity contribution is 0.0602. The van der Waals surface area contributed by atoms with Gasteiger partial charge >= 0.3 is 5.97 Å². The molecule has 1 saturated heterocycles. The smallest absolute Gasteiger partial charge is 0.340 e. The second-order valence-electron chi connectivity index (χ2n) is 8.04. The first-order valence-corrected chi connectivity index (χ1v) is 12.5. The van der Waals surface area contributed by atoms with Gasteiger partial charge in [0, 0.05) is 49.0 Å². The monoisotopic (exact) mass is 517 g/mol. The van der Waals surface area contributed by atoms with E-state index in [9.17, 15) is 9.18 Å². The topological polar surface area (TPSA) is 44.8 Å². The highest BCUT2D eigenvalue weighted by Crippen LogP contribution is 2.31. The summed E-state index contributed by atoms with van der Waals surface area (Å²) in [7, 11) is 1.38. The van der Waals surface area contributed by atoms with E-state index < -0.39 is 0 Å². The second kappa shape index (κ2) is 11.3. The predicted octanol–water partition coefficient (Wildman–Crippen LogP) is 5.43. The average molecular weight is 518 g/mol. The molecule has 178 valence electrons. The van der Waals surface area contributed by atoms with Crippen LogP contribution in [0.2, 0.25) is 5.02 Å². The van der Waals surface area contributed by atoms with Crippen molar-refractivity contribution in [1.82, 2.24) is 9.80 Å². The van der Waals surface area contributed by atoms with E-state index in [2.05, 4.69) is 27.2 Å². The highest BCUT2D eigenvalue weighted by atomic mass is 35.5. The van der Waals surface area contributed by atoms with E-state index in [-0.39, 0.29) is 11.8 Å². The van der Waals surface area contributed by atoms with Gasteiger partial charge in [-0.2, -0.15) is 0 Å². The van der Waals surface area contributed by atoms with Crippen LogP contribution in [0.4, 0.5) is 9.39 Å². The summed E-state index contributed by atoms with van der Waals surface area (Å²) in [5.41, 5.74) is 2.57. The fourth-order valence-electron chi connectivity index (χ4n) is 3.86. The molecule has 0 unspecified atom stereocenters. The van der Waals surface area contributed by atoms with E-state index in [4.69, 9.17) is 28.6 Å². The highest BCUT2D eigenvalue weighted by Gasteiger charge is 2.23. The van der Waals surface area contributed by atoms with E-state index in [1.54, 1.807) is 6.07 Å². The van der Waals surface area contributed by atoms with E-state index in [0.29, 0.717) is 27.2 Å². The third-order valence-corrected chi connectivity index (χ3v) is 7.46. The predicted molar refractivity (Wildman–Crippen MR) is 139 cm³/mol. The van der Waals surface area contributed by atoms with Crippen molar-refractivity contribution in [3.63, 3.8) is 0 Å². The van der Waals surface area contributed by atoms with E-state index in [1.165, 1.54) is 36.1 Å². The van der Waals surface area contributed by atoms with E-state index in [1.807, 2.05) is 24.3 Å². The van der Waals surface area contributed by atoms with Crippen LogP contribution < -0.4 is 5.32 Å². The number of rotatable bonds is 6. The molecule has 0 radical (unpaired) electrons. The van der Waals surface area contributed by atoms with Gasteiger partial charge in [0.25, 0.3) is 0 Å². The molecule has 1 fully saturated rings. The molecule has 0 saturated carbocycles. The van der Waals surface area contributed by atoms with Crippen LogP contribution in [-0.4, -0.2) is 54.2 Å². The van der Waals surface area contributed by atoms with Gasteiger partial charge in [0.2, 0.25) is 0 Å². The summed E-state index contributed by atoms with van der Waals surface area (Å²) in [6, 6.07) is 16.5. The molecule has 2 aromatic carbocycles. The minimum Gasteiger partial charge on any atom is -0.465 e. The fourth-order valence-corrected chi connectivity index (χ4v) is 5.51. The molecule has 0 amide bonds. The van der Waals surface area contributed by atoms with Gasteiger partial charge in [-0.25, -0.2) is 9.18 Å². The number of methoxy groups -OCH3 is 1. The van der Waals surface area contributed by atoms with Crippen LogP contribution in [0, 0.1) is 5.82 Å². The Morgan fingerprint density at radius 1 is 1.15 bits per heavy atom. The molecule has 9 heteroatoms. The summed E-state index contributed by atoms with van der Waals surface area (Å²) in [6.07, 6.45) is 0.731. The maximum atomic E-state index is 13.3. The first-order valence-electron chi connectivity index (χ1n) is 10.9. The van der Waals surface area contributed by atoms with Crippen LogP contribution in [0.1, 0.15) is 26.4 Å². The van der Waals surface area contributed by atoms with Gasteiger partial charge in [-0.1, -0.05) is 48.0 Å². The summed E-state index contributed by atoms with van der Waals surface area (Å²) in [5, 5.41) is 5.00. The summed E-state index contributed by atoms with van der Waals surface area (Å²) < 4.78 is 18.3. The molecule has 0 spiro atoms. The Bertz CT molecular complexity index is 1160. The van der Waals surface area contributed by atoms with Crippen molar-refractivity contribution in [1.29, 1.82) is 0 Å². The SMILES string of the molecule is COC(=O)c1cc(Cc2ccccc2)sc1NC(=S)N1CCN(Cc2ccc(F)cc2Cl)CC1. The minimum absolute atomic E-state index is 0.332. The maximum Gasteiger partial charge on any atom is 0.340 e. The van der Waals surface area contributed by atoms with Gasteiger partial charge in [0.1, 0.15) is 10.8 Å². The molecule has 1 aromatic heterocycles. The van der Waals surface area contributed by atoms with Gasteiger partial charge < -0.3 is 15.0 Å². The Labute approximate surface area is 213 Å². The standard InChI is InChI=1S/C25H25ClFN3O2S2/c1-32-24(31)21-15-20(13-17-5-3-2-4-6-17)34-23(21)28-25(33)30-11-9-29(10-12-30)16-18-7-8-19(27)14-22(18)26/h2-8,14-15H,9-13,16H2,1H3,(H,28,33). The molecule has 3 aromatic rings. The number of esters is 1. The van der Waals surface area contributed by atoms with Crippen LogP contribution in [0.25, 0.3) is 0 Å². The third kappa shape index (κ3) is 6.13. The van der Waals surface area contributed by atoms with Crippen LogP contribution in [0.5, 0.6) is 0 Å². The number of piperazine rings is 1. The Hall–Kier alpha value is -2.52. The molecule has 0 aliphatic carbocycles. The van der Waals surface area contributed by atoms with Crippen molar-refractivity contribution in [2.45, 2.75) is 13.0 Å². The van der Waals surface area contributed by atoms with Crippen molar-refractivity contribution in [3.8, 4) is 0 Å². The quantitative estimate of drug-likeness (QED) is 0.347.